The first-order valence-electron chi connectivity index (χ1n) is 6.39. The largest absolute Gasteiger partial charge is 0.392 e. The first kappa shape index (κ1) is 13.5. The van der Waals surface area contributed by atoms with Gasteiger partial charge in [0.25, 0.3) is 0 Å². The summed E-state index contributed by atoms with van der Waals surface area (Å²) >= 11 is 0. The molecule has 5 nitrogen and oxygen atoms in total. The third kappa shape index (κ3) is 3.32. The number of carbonyl (C=O) groups is 2. The Bertz CT molecular complexity index is 459. The van der Waals surface area contributed by atoms with Crippen LogP contribution < -0.4 is 10.2 Å². The molecule has 5 heteroatoms. The van der Waals surface area contributed by atoms with Gasteiger partial charge in [-0.3, -0.25) is 9.59 Å². The van der Waals surface area contributed by atoms with Crippen LogP contribution in [0.15, 0.2) is 30.3 Å². The highest BCUT2D eigenvalue weighted by Gasteiger charge is 2.34. The average Bonchev–Trinajstić information content (AvgIpc) is 2.79. The van der Waals surface area contributed by atoms with Crippen LogP contribution >= 0.6 is 0 Å². The first-order chi connectivity index (χ1) is 9.08. The van der Waals surface area contributed by atoms with Gasteiger partial charge in [-0.25, -0.2) is 0 Å². The van der Waals surface area contributed by atoms with E-state index < -0.39 is 6.10 Å². The Hall–Kier alpha value is -1.88. The molecule has 0 unspecified atom stereocenters. The molecule has 2 N–H and O–H groups in total. The van der Waals surface area contributed by atoms with Crippen molar-refractivity contribution in [3.8, 4) is 0 Å². The molecular formula is C14H18N2O3. The number of hydrogen-bond acceptors (Lipinski definition) is 3. The molecule has 1 aromatic carbocycles. The van der Waals surface area contributed by atoms with Crippen molar-refractivity contribution < 1.29 is 14.7 Å². The highest BCUT2D eigenvalue weighted by molar-refractivity contribution is 6.00. The van der Waals surface area contributed by atoms with Gasteiger partial charge >= 0.3 is 0 Å². The van der Waals surface area contributed by atoms with E-state index >= 15 is 0 Å². The number of nitrogens with zero attached hydrogens (tertiary/aromatic N) is 1. The molecule has 0 bridgehead atoms. The van der Waals surface area contributed by atoms with Gasteiger partial charge in [-0.05, 0) is 19.1 Å². The molecule has 0 aromatic heterocycles. The van der Waals surface area contributed by atoms with Gasteiger partial charge in [0.15, 0.2) is 0 Å². The summed E-state index contributed by atoms with van der Waals surface area (Å²) in [6, 6.07) is 9.33. The zero-order chi connectivity index (χ0) is 13.8. The highest BCUT2D eigenvalue weighted by atomic mass is 16.3. The van der Waals surface area contributed by atoms with Gasteiger partial charge in [-0.15, -0.1) is 0 Å². The standard InChI is InChI=1S/C14H18N2O3/c1-10(17)8-15-14(19)11-7-13(18)16(9-11)12-5-3-2-4-6-12/h2-6,10-11,17H,7-9H2,1H3,(H,15,19)/t10-,11-/m1/s1. The van der Waals surface area contributed by atoms with Gasteiger partial charge in [-0.2, -0.15) is 0 Å². The Labute approximate surface area is 112 Å². The van der Waals surface area contributed by atoms with Gasteiger partial charge in [0.2, 0.25) is 11.8 Å². The first-order valence-corrected chi connectivity index (χ1v) is 6.39. The molecule has 102 valence electrons. The summed E-state index contributed by atoms with van der Waals surface area (Å²) in [6.45, 7) is 2.22. The lowest BCUT2D eigenvalue weighted by Crippen LogP contribution is -2.36. The number of nitrogens with one attached hydrogen (secondary N) is 1. The van der Waals surface area contributed by atoms with Crippen molar-refractivity contribution in [1.29, 1.82) is 0 Å². The summed E-state index contributed by atoms with van der Waals surface area (Å²) in [5.41, 5.74) is 0.818. The maximum absolute atomic E-state index is 11.9. The van der Waals surface area contributed by atoms with E-state index in [4.69, 9.17) is 5.11 Å². The second-order valence-corrected chi connectivity index (χ2v) is 4.84. The molecule has 1 aromatic rings. The number of hydrogen-bond donors (Lipinski definition) is 2. The van der Waals surface area contributed by atoms with E-state index in [1.165, 1.54) is 0 Å². The second-order valence-electron chi connectivity index (χ2n) is 4.84. The fourth-order valence-corrected chi connectivity index (χ4v) is 2.13. The van der Waals surface area contributed by atoms with Crippen molar-refractivity contribution in [3.63, 3.8) is 0 Å². The van der Waals surface area contributed by atoms with Gasteiger partial charge < -0.3 is 15.3 Å². The van der Waals surface area contributed by atoms with Gasteiger partial charge in [0.05, 0.1) is 12.0 Å². The third-order valence-electron chi connectivity index (χ3n) is 3.14. The Morgan fingerprint density at radius 2 is 2.16 bits per heavy atom. The van der Waals surface area contributed by atoms with Crippen LogP contribution in [0.3, 0.4) is 0 Å². The molecule has 19 heavy (non-hydrogen) atoms. The molecule has 1 fully saturated rings. The van der Waals surface area contributed by atoms with Crippen LogP contribution in [-0.4, -0.2) is 36.1 Å². The second kappa shape index (κ2) is 5.84. The van der Waals surface area contributed by atoms with E-state index in [9.17, 15) is 9.59 Å². The number of para-hydroxylation sites is 1. The van der Waals surface area contributed by atoms with E-state index in [2.05, 4.69) is 5.32 Å². The number of carbonyl (C=O) groups excluding carboxylic acids is 2. The molecule has 0 radical (unpaired) electrons. The molecule has 1 aliphatic heterocycles. The van der Waals surface area contributed by atoms with Crippen LogP contribution in [0.1, 0.15) is 13.3 Å². The summed E-state index contributed by atoms with van der Waals surface area (Å²) in [4.78, 5) is 25.4. The molecule has 2 atom stereocenters. The lowest BCUT2D eigenvalue weighted by atomic mass is 10.1. The molecule has 0 saturated carbocycles. The molecule has 2 rings (SSSR count). The van der Waals surface area contributed by atoms with Crippen molar-refractivity contribution in [3.05, 3.63) is 30.3 Å². The zero-order valence-corrected chi connectivity index (χ0v) is 10.9. The van der Waals surface area contributed by atoms with Gasteiger partial charge in [0, 0.05) is 25.2 Å². The molecule has 1 heterocycles. The fourth-order valence-electron chi connectivity index (χ4n) is 2.13. The van der Waals surface area contributed by atoms with E-state index in [-0.39, 0.29) is 30.7 Å². The minimum Gasteiger partial charge on any atom is -0.392 e. The van der Waals surface area contributed by atoms with Crippen molar-refractivity contribution in [2.75, 3.05) is 18.0 Å². The number of aliphatic hydroxyl groups excluding tert-OH is 1. The van der Waals surface area contributed by atoms with E-state index in [1.54, 1.807) is 11.8 Å². The summed E-state index contributed by atoms with van der Waals surface area (Å²) in [7, 11) is 0. The molecule has 1 saturated heterocycles. The Morgan fingerprint density at radius 3 is 2.79 bits per heavy atom. The Balaban J connectivity index is 1.98. The summed E-state index contributed by atoms with van der Waals surface area (Å²) < 4.78 is 0. The van der Waals surface area contributed by atoms with E-state index in [0.717, 1.165) is 5.69 Å². The smallest absolute Gasteiger partial charge is 0.227 e. The highest BCUT2D eigenvalue weighted by Crippen LogP contribution is 2.24. The minimum atomic E-state index is -0.578. The monoisotopic (exact) mass is 262 g/mol. The van der Waals surface area contributed by atoms with Crippen LogP contribution in [0, 0.1) is 5.92 Å². The molecule has 2 amide bonds. The topological polar surface area (TPSA) is 69.6 Å². The number of amides is 2. The van der Waals surface area contributed by atoms with E-state index in [0.29, 0.717) is 6.54 Å². The van der Waals surface area contributed by atoms with Crippen LogP contribution in [0.4, 0.5) is 5.69 Å². The molecule has 0 spiro atoms. The lowest BCUT2D eigenvalue weighted by molar-refractivity contribution is -0.126. The third-order valence-corrected chi connectivity index (χ3v) is 3.14. The van der Waals surface area contributed by atoms with Crippen molar-refractivity contribution >= 4 is 17.5 Å². The summed E-state index contributed by atoms with van der Waals surface area (Å²) in [5, 5.41) is 11.8. The summed E-state index contributed by atoms with van der Waals surface area (Å²) in [6.07, 6.45) is -0.355. The maximum Gasteiger partial charge on any atom is 0.227 e. The van der Waals surface area contributed by atoms with Crippen LogP contribution in [0.25, 0.3) is 0 Å². The summed E-state index contributed by atoms with van der Waals surface area (Å²) in [5.74, 6) is -0.553. The van der Waals surface area contributed by atoms with Crippen LogP contribution in [-0.2, 0) is 9.59 Å². The molecule has 1 aliphatic rings. The van der Waals surface area contributed by atoms with Gasteiger partial charge in [-0.1, -0.05) is 18.2 Å². The number of rotatable bonds is 4. The van der Waals surface area contributed by atoms with Crippen molar-refractivity contribution in [1.82, 2.24) is 5.32 Å². The Kier molecular flexibility index (Phi) is 4.16. The quantitative estimate of drug-likeness (QED) is 0.832. The van der Waals surface area contributed by atoms with E-state index in [1.807, 2.05) is 30.3 Å². The zero-order valence-electron chi connectivity index (χ0n) is 10.9. The maximum atomic E-state index is 11.9. The fraction of sp³-hybridized carbons (Fsp3) is 0.429. The van der Waals surface area contributed by atoms with Gasteiger partial charge in [0.1, 0.15) is 0 Å². The van der Waals surface area contributed by atoms with Crippen molar-refractivity contribution in [2.45, 2.75) is 19.4 Å². The minimum absolute atomic E-state index is 0.0385. The lowest BCUT2D eigenvalue weighted by Gasteiger charge is -2.16. The molecule has 0 aliphatic carbocycles. The predicted octanol–water partition coefficient (Wildman–Crippen LogP) is 0.536. The van der Waals surface area contributed by atoms with Crippen molar-refractivity contribution in [2.24, 2.45) is 5.92 Å². The van der Waals surface area contributed by atoms with Crippen LogP contribution in [0.5, 0.6) is 0 Å². The predicted molar refractivity (Wildman–Crippen MR) is 71.6 cm³/mol. The number of benzene rings is 1. The number of anilines is 1. The molecular weight excluding hydrogens is 244 g/mol. The average molecular weight is 262 g/mol. The Morgan fingerprint density at radius 1 is 1.47 bits per heavy atom. The SMILES string of the molecule is C[C@@H](O)CNC(=O)[C@@H]1CC(=O)N(c2ccccc2)C1. The normalized spacial score (nSPS) is 20.4. The number of aliphatic hydroxyl groups is 1. The van der Waals surface area contributed by atoms with Crippen LogP contribution in [0.2, 0.25) is 0 Å².